The number of hydrogen-bond acceptors (Lipinski definition) is 3. The van der Waals surface area contributed by atoms with Crippen LogP contribution in [0, 0.1) is 0 Å². The average molecular weight is 213 g/mol. The summed E-state index contributed by atoms with van der Waals surface area (Å²) >= 11 is 0. The van der Waals surface area contributed by atoms with Crippen molar-refractivity contribution in [1.29, 1.82) is 0 Å². The number of amides is 1. The van der Waals surface area contributed by atoms with Gasteiger partial charge in [0.15, 0.2) is 0 Å². The van der Waals surface area contributed by atoms with Crippen LogP contribution in [-0.4, -0.2) is 62.0 Å². The van der Waals surface area contributed by atoms with Gasteiger partial charge >= 0.3 is 0 Å². The molecule has 0 aliphatic carbocycles. The van der Waals surface area contributed by atoms with E-state index in [4.69, 9.17) is 0 Å². The van der Waals surface area contributed by atoms with E-state index in [1.54, 1.807) is 0 Å². The average Bonchev–Trinajstić information content (AvgIpc) is 2.62. The third kappa shape index (κ3) is 3.18. The number of carbonyl (C=O) groups is 1. The number of nitrogens with zero attached hydrogens (tertiary/aromatic N) is 2. The Hall–Kier alpha value is -0.610. The highest BCUT2D eigenvalue weighted by Crippen LogP contribution is 2.18. The number of likely N-dealkylation sites (tertiary alicyclic amines) is 1. The van der Waals surface area contributed by atoms with Crippen LogP contribution < -0.4 is 5.32 Å². The summed E-state index contributed by atoms with van der Waals surface area (Å²) in [5.74, 6) is 0.238. The highest BCUT2D eigenvalue weighted by molar-refractivity contribution is 5.82. The first kappa shape index (κ1) is 12.5. The van der Waals surface area contributed by atoms with Gasteiger partial charge in [-0.3, -0.25) is 4.79 Å². The van der Waals surface area contributed by atoms with E-state index in [-0.39, 0.29) is 11.9 Å². The molecule has 0 spiro atoms. The molecule has 0 bridgehead atoms. The van der Waals surface area contributed by atoms with E-state index in [2.05, 4.69) is 24.3 Å². The molecule has 1 amide bonds. The van der Waals surface area contributed by atoms with Crippen molar-refractivity contribution in [2.45, 2.75) is 31.8 Å². The molecule has 1 rings (SSSR count). The number of carbonyl (C=O) groups excluding carboxylic acids is 1. The molecule has 0 aromatic carbocycles. The lowest BCUT2D eigenvalue weighted by atomic mass is 10.2. The van der Waals surface area contributed by atoms with Gasteiger partial charge in [0, 0.05) is 19.1 Å². The van der Waals surface area contributed by atoms with Gasteiger partial charge in [0.2, 0.25) is 5.91 Å². The molecule has 2 atom stereocenters. The summed E-state index contributed by atoms with van der Waals surface area (Å²) in [7, 11) is 5.95. The van der Waals surface area contributed by atoms with Crippen molar-refractivity contribution in [1.82, 2.24) is 15.1 Å². The van der Waals surface area contributed by atoms with Crippen molar-refractivity contribution in [3.8, 4) is 0 Å². The van der Waals surface area contributed by atoms with E-state index < -0.39 is 0 Å². The van der Waals surface area contributed by atoms with Gasteiger partial charge in [0.1, 0.15) is 0 Å². The van der Waals surface area contributed by atoms with Gasteiger partial charge in [-0.1, -0.05) is 0 Å². The Kier molecular flexibility index (Phi) is 4.54. The predicted octanol–water partition coefficient (Wildman–Crippen LogP) is 0.147. The largest absolute Gasteiger partial charge is 0.337 e. The lowest BCUT2D eigenvalue weighted by molar-refractivity contribution is -0.133. The molecule has 4 heteroatoms. The monoisotopic (exact) mass is 213 g/mol. The van der Waals surface area contributed by atoms with Gasteiger partial charge in [-0.05, 0) is 40.9 Å². The Morgan fingerprint density at radius 3 is 2.80 bits per heavy atom. The van der Waals surface area contributed by atoms with Gasteiger partial charge in [0.05, 0.1) is 6.04 Å². The van der Waals surface area contributed by atoms with Gasteiger partial charge in [0.25, 0.3) is 0 Å². The lowest BCUT2D eigenvalue weighted by Gasteiger charge is -2.29. The minimum atomic E-state index is -0.0623. The maximum atomic E-state index is 12.0. The van der Waals surface area contributed by atoms with Crippen LogP contribution in [0.15, 0.2) is 0 Å². The Morgan fingerprint density at radius 2 is 2.27 bits per heavy atom. The van der Waals surface area contributed by atoms with E-state index in [9.17, 15) is 4.79 Å². The second-order valence-electron chi connectivity index (χ2n) is 4.60. The Morgan fingerprint density at radius 1 is 1.60 bits per heavy atom. The molecule has 1 N–H and O–H groups in total. The standard InChI is InChI=1S/C11H23N3O/c1-9(12-2)11(15)14-7-5-6-10(14)8-13(3)4/h9-10,12H,5-8H2,1-4H3. The minimum absolute atomic E-state index is 0.0623. The fraction of sp³-hybridized carbons (Fsp3) is 0.909. The molecule has 0 aromatic rings. The van der Waals surface area contributed by atoms with Crippen LogP contribution in [0.2, 0.25) is 0 Å². The summed E-state index contributed by atoms with van der Waals surface area (Å²) in [5.41, 5.74) is 0. The van der Waals surface area contributed by atoms with Crippen LogP contribution >= 0.6 is 0 Å². The zero-order valence-electron chi connectivity index (χ0n) is 10.3. The van der Waals surface area contributed by atoms with E-state index >= 15 is 0 Å². The minimum Gasteiger partial charge on any atom is -0.337 e. The second-order valence-corrected chi connectivity index (χ2v) is 4.60. The lowest BCUT2D eigenvalue weighted by Crippen LogP contribution is -2.48. The zero-order chi connectivity index (χ0) is 11.4. The Balaban J connectivity index is 2.55. The van der Waals surface area contributed by atoms with Crippen LogP contribution in [0.3, 0.4) is 0 Å². The van der Waals surface area contributed by atoms with Gasteiger partial charge in [-0.15, -0.1) is 0 Å². The molecule has 0 aromatic heterocycles. The predicted molar refractivity (Wildman–Crippen MR) is 61.8 cm³/mol. The summed E-state index contributed by atoms with van der Waals surface area (Å²) in [6.07, 6.45) is 2.28. The van der Waals surface area contributed by atoms with Crippen LogP contribution in [0.4, 0.5) is 0 Å². The molecule has 2 unspecified atom stereocenters. The van der Waals surface area contributed by atoms with Crippen molar-refractivity contribution in [2.24, 2.45) is 0 Å². The maximum absolute atomic E-state index is 12.0. The SMILES string of the molecule is CNC(C)C(=O)N1CCCC1CN(C)C. The summed E-state index contributed by atoms with van der Waals surface area (Å²) in [6, 6.07) is 0.344. The fourth-order valence-corrected chi connectivity index (χ4v) is 2.11. The summed E-state index contributed by atoms with van der Waals surface area (Å²) < 4.78 is 0. The van der Waals surface area contributed by atoms with E-state index in [0.717, 1.165) is 25.9 Å². The molecule has 4 nitrogen and oxygen atoms in total. The molecule has 1 aliphatic rings. The third-order valence-electron chi connectivity index (χ3n) is 3.04. The number of likely N-dealkylation sites (N-methyl/N-ethyl adjacent to an activating group) is 2. The molecule has 88 valence electrons. The first-order valence-corrected chi connectivity index (χ1v) is 5.68. The smallest absolute Gasteiger partial charge is 0.239 e. The number of nitrogens with one attached hydrogen (secondary N) is 1. The van der Waals surface area contributed by atoms with Crippen molar-refractivity contribution < 1.29 is 4.79 Å². The molecule has 1 aliphatic heterocycles. The maximum Gasteiger partial charge on any atom is 0.239 e. The highest BCUT2D eigenvalue weighted by Gasteiger charge is 2.30. The van der Waals surface area contributed by atoms with Gasteiger partial charge < -0.3 is 15.1 Å². The zero-order valence-corrected chi connectivity index (χ0v) is 10.3. The van der Waals surface area contributed by atoms with Crippen molar-refractivity contribution in [3.63, 3.8) is 0 Å². The molecule has 0 saturated carbocycles. The Bertz CT molecular complexity index is 218. The topological polar surface area (TPSA) is 35.6 Å². The first-order valence-electron chi connectivity index (χ1n) is 5.68. The van der Waals surface area contributed by atoms with E-state index in [1.807, 2.05) is 18.9 Å². The summed E-state index contributed by atoms with van der Waals surface area (Å²) in [5, 5.41) is 3.01. The quantitative estimate of drug-likeness (QED) is 0.722. The van der Waals surface area contributed by atoms with Crippen LogP contribution in [0.5, 0.6) is 0 Å². The van der Waals surface area contributed by atoms with Gasteiger partial charge in [-0.25, -0.2) is 0 Å². The first-order chi connectivity index (χ1) is 7.06. The number of hydrogen-bond donors (Lipinski definition) is 1. The second kappa shape index (κ2) is 5.47. The summed E-state index contributed by atoms with van der Waals surface area (Å²) in [4.78, 5) is 16.2. The molecular formula is C11H23N3O. The van der Waals surface area contributed by atoms with Crippen LogP contribution in [0.25, 0.3) is 0 Å². The van der Waals surface area contributed by atoms with Gasteiger partial charge in [-0.2, -0.15) is 0 Å². The molecule has 1 fully saturated rings. The summed E-state index contributed by atoms with van der Waals surface area (Å²) in [6.45, 7) is 3.82. The Labute approximate surface area is 92.6 Å². The fourth-order valence-electron chi connectivity index (χ4n) is 2.11. The number of rotatable bonds is 4. The van der Waals surface area contributed by atoms with Crippen molar-refractivity contribution in [2.75, 3.05) is 34.2 Å². The van der Waals surface area contributed by atoms with Crippen molar-refractivity contribution >= 4 is 5.91 Å². The molecule has 1 heterocycles. The van der Waals surface area contributed by atoms with E-state index in [0.29, 0.717) is 6.04 Å². The van der Waals surface area contributed by atoms with Crippen LogP contribution in [-0.2, 0) is 4.79 Å². The highest BCUT2D eigenvalue weighted by atomic mass is 16.2. The normalized spacial score (nSPS) is 23.5. The molecular weight excluding hydrogens is 190 g/mol. The molecule has 0 radical (unpaired) electrons. The van der Waals surface area contributed by atoms with Crippen LogP contribution in [0.1, 0.15) is 19.8 Å². The van der Waals surface area contributed by atoms with E-state index in [1.165, 1.54) is 0 Å². The third-order valence-corrected chi connectivity index (χ3v) is 3.04. The molecule has 1 saturated heterocycles. The molecule has 15 heavy (non-hydrogen) atoms. The van der Waals surface area contributed by atoms with Crippen molar-refractivity contribution in [3.05, 3.63) is 0 Å².